The predicted molar refractivity (Wildman–Crippen MR) is 113 cm³/mol. The zero-order valence-corrected chi connectivity index (χ0v) is 20.1. The molecule has 0 aliphatic carbocycles. The van der Waals surface area contributed by atoms with Crippen molar-refractivity contribution in [3.05, 3.63) is 95.8 Å². The van der Waals surface area contributed by atoms with Gasteiger partial charge in [0, 0.05) is 22.5 Å². The molecule has 0 saturated heterocycles. The minimum absolute atomic E-state index is 0. The third-order valence-corrected chi connectivity index (χ3v) is 4.21. The third-order valence-electron chi connectivity index (χ3n) is 4.21. The quantitative estimate of drug-likeness (QED) is 0.337. The number of nitrogens with zero attached hydrogens (tertiary/aromatic N) is 4. The number of aromatic nitrogens is 4. The van der Waals surface area contributed by atoms with Crippen LogP contribution < -0.4 is 10.2 Å². The zero-order chi connectivity index (χ0) is 23.1. The second kappa shape index (κ2) is 11.7. The smallest absolute Gasteiger partial charge is 0.542 e. The van der Waals surface area contributed by atoms with E-state index in [0.717, 1.165) is 11.1 Å². The Kier molecular flexibility index (Phi) is 9.03. The Morgan fingerprint density at radius 3 is 1.24 bits per heavy atom. The number of carboxylic acids is 2. The van der Waals surface area contributed by atoms with E-state index in [0.29, 0.717) is 22.8 Å². The van der Waals surface area contributed by atoms with E-state index in [9.17, 15) is 19.8 Å². The molecule has 2 aromatic heterocycles. The second-order valence-corrected chi connectivity index (χ2v) is 6.74. The topological polar surface area (TPSA) is 132 Å². The fourth-order valence-electron chi connectivity index (χ4n) is 2.83. The van der Waals surface area contributed by atoms with Crippen LogP contribution in [0.4, 0.5) is 0 Å². The molecule has 2 aromatic carbocycles. The molecule has 0 amide bonds. The van der Waals surface area contributed by atoms with Gasteiger partial charge in [0.05, 0.1) is 11.4 Å². The summed E-state index contributed by atoms with van der Waals surface area (Å²) >= 11 is 0. The van der Waals surface area contributed by atoms with Crippen molar-refractivity contribution in [2.75, 3.05) is 0 Å². The van der Waals surface area contributed by atoms with Gasteiger partial charge in [0.2, 0.25) is 0 Å². The number of benzene rings is 2. The average Bonchev–Trinajstić information content (AvgIpc) is 2.80. The standard InChI is InChI=1S/2C12H10N2O2.Ir/c2*1-8-7-10(9-5-3-2-4-6-9)14-11(13-8)12(15)16;/h2*2-7H,1H3,(H,15,16);/q;;+3/p-2. The Balaban J connectivity index is 0.000000227. The van der Waals surface area contributed by atoms with E-state index in [1.54, 1.807) is 26.0 Å². The first-order valence-electron chi connectivity index (χ1n) is 9.58. The van der Waals surface area contributed by atoms with E-state index in [-0.39, 0.29) is 31.8 Å². The molecule has 0 bridgehead atoms. The van der Waals surface area contributed by atoms with Crippen LogP contribution in [0.15, 0.2) is 72.8 Å². The molecular weight excluding hydrogens is 601 g/mol. The molecule has 0 aliphatic rings. The fraction of sp³-hybridized carbons (Fsp3) is 0.0833. The van der Waals surface area contributed by atoms with Crippen molar-refractivity contribution in [1.82, 2.24) is 19.9 Å². The van der Waals surface area contributed by atoms with Gasteiger partial charge in [-0.2, -0.15) is 0 Å². The Hall–Kier alpha value is -3.81. The summed E-state index contributed by atoms with van der Waals surface area (Å²) in [5.41, 5.74) is 4.10. The van der Waals surface area contributed by atoms with Crippen molar-refractivity contribution in [2.45, 2.75) is 13.8 Å². The first-order chi connectivity index (χ1) is 15.3. The maximum atomic E-state index is 10.7. The Morgan fingerprint density at radius 2 is 0.939 bits per heavy atom. The minimum atomic E-state index is -1.36. The van der Waals surface area contributed by atoms with Gasteiger partial charge in [-0.15, -0.1) is 0 Å². The maximum Gasteiger partial charge on any atom is 3.00 e. The first-order valence-corrected chi connectivity index (χ1v) is 9.58. The number of carbonyl (C=O) groups is 2. The molecule has 166 valence electrons. The molecular formula is C24H18IrN4O4+. The molecule has 0 radical (unpaired) electrons. The van der Waals surface area contributed by atoms with Gasteiger partial charge in [-0.1, -0.05) is 60.7 Å². The maximum absolute atomic E-state index is 10.7. The Bertz CT molecular complexity index is 1150. The van der Waals surface area contributed by atoms with E-state index >= 15 is 0 Å². The largest absolute Gasteiger partial charge is 3.00 e. The molecule has 0 aliphatic heterocycles. The summed E-state index contributed by atoms with van der Waals surface area (Å²) in [5.74, 6) is -3.28. The van der Waals surface area contributed by atoms with Gasteiger partial charge in [-0.05, 0) is 26.0 Å². The number of hydrogen-bond acceptors (Lipinski definition) is 8. The predicted octanol–water partition coefficient (Wildman–Crippen LogP) is 1.63. The van der Waals surface area contributed by atoms with Crippen LogP contribution in [-0.2, 0) is 20.1 Å². The zero-order valence-electron chi connectivity index (χ0n) is 17.7. The molecule has 8 nitrogen and oxygen atoms in total. The third kappa shape index (κ3) is 7.10. The van der Waals surface area contributed by atoms with Crippen LogP contribution in [0.1, 0.15) is 32.6 Å². The molecule has 0 N–H and O–H groups in total. The van der Waals surface area contributed by atoms with Crippen molar-refractivity contribution >= 4 is 11.9 Å². The van der Waals surface area contributed by atoms with Gasteiger partial charge in [-0.3, -0.25) is 0 Å². The van der Waals surface area contributed by atoms with Gasteiger partial charge in [0.25, 0.3) is 0 Å². The molecule has 0 spiro atoms. The Labute approximate surface area is 203 Å². The van der Waals surface area contributed by atoms with E-state index < -0.39 is 11.9 Å². The molecule has 0 fully saturated rings. The van der Waals surface area contributed by atoms with Gasteiger partial charge in [0.1, 0.15) is 11.9 Å². The normalized spacial score (nSPS) is 9.76. The molecule has 0 unspecified atom stereocenters. The van der Waals surface area contributed by atoms with Crippen molar-refractivity contribution in [3.8, 4) is 22.5 Å². The SMILES string of the molecule is Cc1cc(-c2ccccc2)nc(C(=O)[O-])n1.Cc1cc(-c2ccccc2)nc(C(=O)[O-])n1.[Ir+3]. The van der Waals surface area contributed by atoms with E-state index in [2.05, 4.69) is 19.9 Å². The molecule has 0 saturated carbocycles. The first kappa shape index (κ1) is 25.4. The summed E-state index contributed by atoms with van der Waals surface area (Å²) in [4.78, 5) is 36.8. The van der Waals surface area contributed by atoms with Crippen LogP contribution in [0.2, 0.25) is 0 Å². The monoisotopic (exact) mass is 619 g/mol. The number of carboxylic acid groups (broad SMARTS) is 2. The average molecular weight is 619 g/mol. The van der Waals surface area contributed by atoms with E-state index in [4.69, 9.17) is 0 Å². The summed E-state index contributed by atoms with van der Waals surface area (Å²) < 4.78 is 0. The summed E-state index contributed by atoms with van der Waals surface area (Å²) in [6.45, 7) is 3.45. The number of rotatable bonds is 4. The molecule has 33 heavy (non-hydrogen) atoms. The number of aryl methyl sites for hydroxylation is 2. The molecule has 4 rings (SSSR count). The minimum Gasteiger partial charge on any atom is -0.542 e. The van der Waals surface area contributed by atoms with Gasteiger partial charge in [0.15, 0.2) is 11.6 Å². The van der Waals surface area contributed by atoms with Crippen molar-refractivity contribution in [2.24, 2.45) is 0 Å². The summed E-state index contributed by atoms with van der Waals surface area (Å²) in [7, 11) is 0. The van der Waals surface area contributed by atoms with E-state index in [1.807, 2.05) is 60.7 Å². The molecule has 0 atom stereocenters. The fourth-order valence-corrected chi connectivity index (χ4v) is 2.83. The number of aromatic carboxylic acids is 2. The van der Waals surface area contributed by atoms with Crippen LogP contribution >= 0.6 is 0 Å². The van der Waals surface area contributed by atoms with Crippen molar-refractivity contribution in [1.29, 1.82) is 0 Å². The van der Waals surface area contributed by atoms with Gasteiger partial charge >= 0.3 is 20.1 Å². The van der Waals surface area contributed by atoms with Gasteiger partial charge < -0.3 is 19.8 Å². The number of carbonyl (C=O) groups excluding carboxylic acids is 2. The Morgan fingerprint density at radius 1 is 0.606 bits per heavy atom. The summed E-state index contributed by atoms with van der Waals surface area (Å²) in [5, 5.41) is 21.4. The van der Waals surface area contributed by atoms with Crippen molar-refractivity contribution < 1.29 is 39.9 Å². The number of hydrogen-bond donors (Lipinski definition) is 0. The summed E-state index contributed by atoms with van der Waals surface area (Å²) in [6, 6.07) is 22.2. The van der Waals surface area contributed by atoms with Crippen LogP contribution in [-0.4, -0.2) is 31.9 Å². The van der Waals surface area contributed by atoms with Crippen LogP contribution in [0.3, 0.4) is 0 Å². The summed E-state index contributed by atoms with van der Waals surface area (Å²) in [6.07, 6.45) is 0. The molecule has 2 heterocycles. The van der Waals surface area contributed by atoms with Crippen LogP contribution in [0.25, 0.3) is 22.5 Å². The molecule has 9 heteroatoms. The van der Waals surface area contributed by atoms with Crippen LogP contribution in [0.5, 0.6) is 0 Å². The van der Waals surface area contributed by atoms with Gasteiger partial charge in [-0.25, -0.2) is 19.9 Å². The molecule has 4 aromatic rings. The van der Waals surface area contributed by atoms with Crippen LogP contribution in [0, 0.1) is 13.8 Å². The van der Waals surface area contributed by atoms with Crippen molar-refractivity contribution in [3.63, 3.8) is 0 Å². The second-order valence-electron chi connectivity index (χ2n) is 6.74. The van der Waals surface area contributed by atoms with E-state index in [1.165, 1.54) is 0 Å².